The molecule has 0 fully saturated rings. The van der Waals surface area contributed by atoms with Gasteiger partial charge in [-0.05, 0) is 47.1 Å². The van der Waals surface area contributed by atoms with Crippen LogP contribution < -0.4 is 9.47 Å². The summed E-state index contributed by atoms with van der Waals surface area (Å²) in [5.74, 6) is 0.382. The molecule has 2 aromatic carbocycles. The predicted molar refractivity (Wildman–Crippen MR) is 86.4 cm³/mol. The van der Waals surface area contributed by atoms with E-state index in [1.165, 1.54) is 12.1 Å². The molecule has 0 heterocycles. The third kappa shape index (κ3) is 3.78. The number of carbonyl (C=O) groups excluding carboxylic acids is 1. The molecule has 116 valence electrons. The maximum absolute atomic E-state index is 13.7. The third-order valence-corrected chi connectivity index (χ3v) is 3.96. The summed E-state index contributed by atoms with van der Waals surface area (Å²) in [5, 5.41) is 0.293. The molecule has 0 bridgehead atoms. The molecule has 0 saturated heterocycles. The molecule has 0 spiro atoms. The Kier molecular flexibility index (Phi) is 5.80. The van der Waals surface area contributed by atoms with Gasteiger partial charge in [-0.1, -0.05) is 17.7 Å². The number of carbonyl (C=O) groups is 1. The molecule has 0 aromatic heterocycles. The molecular weight excluding hydrogens is 375 g/mol. The molecule has 0 amide bonds. The fourth-order valence-electron chi connectivity index (χ4n) is 1.84. The lowest BCUT2D eigenvalue weighted by Crippen LogP contribution is -2.03. The Morgan fingerprint density at radius 3 is 2.64 bits per heavy atom. The number of benzene rings is 2. The van der Waals surface area contributed by atoms with Gasteiger partial charge in [-0.3, -0.25) is 4.79 Å². The molecule has 0 atom stereocenters. The maximum Gasteiger partial charge on any atom is 0.162 e. The van der Waals surface area contributed by atoms with Crippen LogP contribution in [0.1, 0.15) is 22.8 Å². The van der Waals surface area contributed by atoms with Gasteiger partial charge in [0.2, 0.25) is 0 Å². The second-order valence-corrected chi connectivity index (χ2v) is 5.62. The van der Waals surface area contributed by atoms with Crippen molar-refractivity contribution in [2.24, 2.45) is 0 Å². The summed E-state index contributed by atoms with van der Waals surface area (Å²) >= 11 is 9.25. The lowest BCUT2D eigenvalue weighted by molar-refractivity contribution is 0.112. The molecule has 3 nitrogen and oxygen atoms in total. The Morgan fingerprint density at radius 1 is 1.27 bits per heavy atom. The maximum atomic E-state index is 13.7. The zero-order valence-electron chi connectivity index (χ0n) is 11.7. The first-order chi connectivity index (χ1) is 10.6. The monoisotopic (exact) mass is 386 g/mol. The number of halogens is 3. The van der Waals surface area contributed by atoms with Gasteiger partial charge in [0.15, 0.2) is 17.8 Å². The van der Waals surface area contributed by atoms with Crippen LogP contribution in [0, 0.1) is 5.82 Å². The fraction of sp³-hybridized carbons (Fsp3) is 0.188. The highest BCUT2D eigenvalue weighted by Crippen LogP contribution is 2.34. The smallest absolute Gasteiger partial charge is 0.162 e. The molecule has 22 heavy (non-hydrogen) atoms. The van der Waals surface area contributed by atoms with Crippen molar-refractivity contribution in [3.8, 4) is 11.5 Å². The van der Waals surface area contributed by atoms with E-state index in [-0.39, 0.29) is 12.2 Å². The molecule has 6 heteroatoms. The Bertz CT molecular complexity index is 671. The second kappa shape index (κ2) is 7.61. The van der Waals surface area contributed by atoms with E-state index in [9.17, 15) is 9.18 Å². The van der Waals surface area contributed by atoms with Crippen LogP contribution in [0.15, 0.2) is 34.8 Å². The molecular formula is C16H13BrClFO3. The second-order valence-electron chi connectivity index (χ2n) is 4.36. The standard InChI is InChI=1S/C16H13BrClFO3/c1-2-21-15-6-10(8-20)12(17)7-16(15)22-9-11-13(18)4-3-5-14(11)19/h3-8H,2,9H2,1H3. The van der Waals surface area contributed by atoms with Gasteiger partial charge < -0.3 is 9.47 Å². The van der Waals surface area contributed by atoms with Gasteiger partial charge in [0.1, 0.15) is 12.4 Å². The van der Waals surface area contributed by atoms with Crippen molar-refractivity contribution < 1.29 is 18.7 Å². The van der Waals surface area contributed by atoms with Crippen molar-refractivity contribution in [1.82, 2.24) is 0 Å². The molecule has 0 aliphatic rings. The summed E-state index contributed by atoms with van der Waals surface area (Å²) in [4.78, 5) is 11.0. The molecule has 0 radical (unpaired) electrons. The van der Waals surface area contributed by atoms with Crippen LogP contribution in [0.4, 0.5) is 4.39 Å². The van der Waals surface area contributed by atoms with Gasteiger partial charge in [-0.2, -0.15) is 0 Å². The first-order valence-corrected chi connectivity index (χ1v) is 7.71. The molecule has 0 saturated carbocycles. The van der Waals surface area contributed by atoms with Crippen LogP contribution in [-0.4, -0.2) is 12.9 Å². The molecule has 2 rings (SSSR count). The van der Waals surface area contributed by atoms with E-state index in [0.717, 1.165) is 0 Å². The zero-order valence-corrected chi connectivity index (χ0v) is 14.1. The van der Waals surface area contributed by atoms with E-state index >= 15 is 0 Å². The van der Waals surface area contributed by atoms with Crippen molar-refractivity contribution >= 4 is 33.8 Å². The van der Waals surface area contributed by atoms with Crippen molar-refractivity contribution in [2.75, 3.05) is 6.61 Å². The van der Waals surface area contributed by atoms with Crippen LogP contribution in [0.5, 0.6) is 11.5 Å². The van der Waals surface area contributed by atoms with Crippen LogP contribution in [0.3, 0.4) is 0 Å². The van der Waals surface area contributed by atoms with E-state index in [2.05, 4.69) is 15.9 Å². The van der Waals surface area contributed by atoms with Crippen LogP contribution in [-0.2, 0) is 6.61 Å². The molecule has 0 aliphatic carbocycles. The highest BCUT2D eigenvalue weighted by molar-refractivity contribution is 9.10. The average molecular weight is 388 g/mol. The molecule has 0 aliphatic heterocycles. The molecule has 2 aromatic rings. The minimum Gasteiger partial charge on any atom is -0.490 e. The fourth-order valence-corrected chi connectivity index (χ4v) is 2.48. The minimum atomic E-state index is -0.436. The lowest BCUT2D eigenvalue weighted by Gasteiger charge is -2.14. The van der Waals surface area contributed by atoms with Crippen molar-refractivity contribution in [2.45, 2.75) is 13.5 Å². The van der Waals surface area contributed by atoms with Gasteiger partial charge >= 0.3 is 0 Å². The van der Waals surface area contributed by atoms with Gasteiger partial charge in [-0.15, -0.1) is 0 Å². The minimum absolute atomic E-state index is 0.0432. The Morgan fingerprint density at radius 2 is 2.00 bits per heavy atom. The number of aldehydes is 1. The van der Waals surface area contributed by atoms with Crippen LogP contribution >= 0.6 is 27.5 Å². The first-order valence-electron chi connectivity index (χ1n) is 6.54. The van der Waals surface area contributed by atoms with Crippen molar-refractivity contribution in [3.63, 3.8) is 0 Å². The summed E-state index contributed by atoms with van der Waals surface area (Å²) in [7, 11) is 0. The van der Waals surface area contributed by atoms with E-state index in [1.807, 2.05) is 6.92 Å². The normalized spacial score (nSPS) is 10.4. The first kappa shape index (κ1) is 16.8. The van der Waals surface area contributed by atoms with E-state index in [1.54, 1.807) is 18.2 Å². The van der Waals surface area contributed by atoms with E-state index < -0.39 is 5.82 Å². The lowest BCUT2D eigenvalue weighted by atomic mass is 10.2. The summed E-state index contributed by atoms with van der Waals surface area (Å²) in [6.07, 6.45) is 0.712. The largest absolute Gasteiger partial charge is 0.490 e. The zero-order chi connectivity index (χ0) is 16.1. The van der Waals surface area contributed by atoms with Gasteiger partial charge in [0.25, 0.3) is 0 Å². The highest BCUT2D eigenvalue weighted by Gasteiger charge is 2.13. The van der Waals surface area contributed by atoms with Gasteiger partial charge in [-0.25, -0.2) is 4.39 Å². The van der Waals surface area contributed by atoms with Crippen molar-refractivity contribution in [1.29, 1.82) is 0 Å². The highest BCUT2D eigenvalue weighted by atomic mass is 79.9. The summed E-state index contributed by atoms with van der Waals surface area (Å²) < 4.78 is 25.4. The summed E-state index contributed by atoms with van der Waals surface area (Å²) in [5.41, 5.74) is 0.710. The van der Waals surface area contributed by atoms with E-state index in [4.69, 9.17) is 21.1 Å². The van der Waals surface area contributed by atoms with Crippen molar-refractivity contribution in [3.05, 3.63) is 56.8 Å². The quantitative estimate of drug-likeness (QED) is 0.652. The molecule has 0 unspecified atom stereocenters. The number of hydrogen-bond acceptors (Lipinski definition) is 3. The van der Waals surface area contributed by atoms with Gasteiger partial charge in [0, 0.05) is 15.6 Å². The van der Waals surface area contributed by atoms with Crippen LogP contribution in [0.2, 0.25) is 5.02 Å². The number of hydrogen-bond donors (Lipinski definition) is 0. The Hall–Kier alpha value is -1.59. The third-order valence-electron chi connectivity index (χ3n) is 2.92. The van der Waals surface area contributed by atoms with Gasteiger partial charge in [0.05, 0.1) is 11.6 Å². The Labute approximate surface area is 141 Å². The Balaban J connectivity index is 2.28. The average Bonchev–Trinajstić information content (AvgIpc) is 2.49. The topological polar surface area (TPSA) is 35.5 Å². The van der Waals surface area contributed by atoms with Crippen LogP contribution in [0.25, 0.3) is 0 Å². The SMILES string of the molecule is CCOc1cc(C=O)c(Br)cc1OCc1c(F)cccc1Cl. The summed E-state index contributed by atoms with van der Waals surface area (Å²) in [6, 6.07) is 7.63. The van der Waals surface area contributed by atoms with E-state index in [0.29, 0.717) is 39.5 Å². The summed E-state index contributed by atoms with van der Waals surface area (Å²) in [6.45, 7) is 2.19. The number of ether oxygens (including phenoxy) is 2. The molecule has 0 N–H and O–H groups in total. The predicted octanol–water partition coefficient (Wildman–Crippen LogP) is 5.03. The number of rotatable bonds is 6.